The van der Waals surface area contributed by atoms with E-state index in [1.54, 1.807) is 18.3 Å². The monoisotopic (exact) mass is 246 g/mol. The standard InChI is InChI=1S/C13H14N2O3/c16-12(17)13(5-1-2-6-13)8-10-15-11-9(18-10)4-3-7-14-11/h3-4,7H,1-2,5-6,8H2,(H,16,17). The number of pyridine rings is 1. The first-order valence-electron chi connectivity index (χ1n) is 6.13. The van der Waals surface area contributed by atoms with Crippen molar-refractivity contribution < 1.29 is 14.3 Å². The van der Waals surface area contributed by atoms with Gasteiger partial charge in [-0.2, -0.15) is 4.98 Å². The second-order valence-corrected chi connectivity index (χ2v) is 4.90. The Hall–Kier alpha value is -1.91. The summed E-state index contributed by atoms with van der Waals surface area (Å²) in [5, 5.41) is 9.41. The van der Waals surface area contributed by atoms with E-state index < -0.39 is 11.4 Å². The predicted molar refractivity (Wildman–Crippen MR) is 64.0 cm³/mol. The highest BCUT2D eigenvalue weighted by Gasteiger charge is 2.42. The minimum absolute atomic E-state index is 0.360. The first kappa shape index (κ1) is 11.2. The molecule has 2 heterocycles. The van der Waals surface area contributed by atoms with Crippen molar-refractivity contribution in [1.29, 1.82) is 0 Å². The van der Waals surface area contributed by atoms with E-state index in [2.05, 4.69) is 9.97 Å². The molecule has 0 unspecified atom stereocenters. The summed E-state index contributed by atoms with van der Waals surface area (Å²) < 4.78 is 5.57. The van der Waals surface area contributed by atoms with Crippen molar-refractivity contribution in [1.82, 2.24) is 9.97 Å². The number of rotatable bonds is 3. The minimum Gasteiger partial charge on any atom is -0.481 e. The van der Waals surface area contributed by atoms with Crippen molar-refractivity contribution in [2.75, 3.05) is 0 Å². The van der Waals surface area contributed by atoms with Crippen LogP contribution in [0.2, 0.25) is 0 Å². The van der Waals surface area contributed by atoms with Crippen LogP contribution in [0.25, 0.3) is 11.2 Å². The molecule has 18 heavy (non-hydrogen) atoms. The van der Waals surface area contributed by atoms with E-state index in [0.717, 1.165) is 12.8 Å². The lowest BCUT2D eigenvalue weighted by Crippen LogP contribution is -2.30. The lowest BCUT2D eigenvalue weighted by molar-refractivity contribution is -0.148. The Morgan fingerprint density at radius 1 is 1.44 bits per heavy atom. The first-order chi connectivity index (χ1) is 8.70. The van der Waals surface area contributed by atoms with Crippen molar-refractivity contribution >= 4 is 17.2 Å². The third-order valence-corrected chi connectivity index (χ3v) is 3.71. The number of fused-ring (bicyclic) bond motifs is 1. The molecular weight excluding hydrogens is 232 g/mol. The normalized spacial score (nSPS) is 18.2. The Kier molecular flexibility index (Phi) is 2.54. The van der Waals surface area contributed by atoms with E-state index >= 15 is 0 Å². The average molecular weight is 246 g/mol. The minimum atomic E-state index is -0.741. The van der Waals surface area contributed by atoms with Gasteiger partial charge < -0.3 is 9.52 Å². The Morgan fingerprint density at radius 3 is 2.89 bits per heavy atom. The number of aromatic nitrogens is 2. The van der Waals surface area contributed by atoms with E-state index in [1.807, 2.05) is 0 Å². The highest BCUT2D eigenvalue weighted by molar-refractivity contribution is 5.75. The van der Waals surface area contributed by atoms with E-state index in [0.29, 0.717) is 36.4 Å². The van der Waals surface area contributed by atoms with Gasteiger partial charge in [-0.05, 0) is 25.0 Å². The fourth-order valence-electron chi connectivity index (χ4n) is 2.70. The van der Waals surface area contributed by atoms with Gasteiger partial charge in [-0.3, -0.25) is 4.79 Å². The maximum Gasteiger partial charge on any atom is 0.310 e. The lowest BCUT2D eigenvalue weighted by Gasteiger charge is -2.21. The highest BCUT2D eigenvalue weighted by Crippen LogP contribution is 2.41. The Balaban J connectivity index is 1.93. The molecule has 0 aliphatic heterocycles. The zero-order valence-electron chi connectivity index (χ0n) is 9.93. The van der Waals surface area contributed by atoms with Gasteiger partial charge in [-0.1, -0.05) is 12.8 Å². The van der Waals surface area contributed by atoms with Gasteiger partial charge in [0, 0.05) is 12.6 Å². The SMILES string of the molecule is O=C(O)C1(Cc2nc3ncccc3o2)CCCC1. The molecule has 1 saturated carbocycles. The van der Waals surface area contributed by atoms with Gasteiger partial charge in [0.2, 0.25) is 0 Å². The van der Waals surface area contributed by atoms with Crippen molar-refractivity contribution in [3.63, 3.8) is 0 Å². The smallest absolute Gasteiger partial charge is 0.310 e. The molecule has 2 aromatic rings. The third kappa shape index (κ3) is 1.75. The molecule has 1 N–H and O–H groups in total. The maximum absolute atomic E-state index is 11.5. The number of hydrogen-bond donors (Lipinski definition) is 1. The van der Waals surface area contributed by atoms with E-state index in [1.165, 1.54) is 0 Å². The molecule has 5 nitrogen and oxygen atoms in total. The van der Waals surface area contributed by atoms with Crippen LogP contribution in [0.1, 0.15) is 31.6 Å². The Bertz CT molecular complexity index is 552. The van der Waals surface area contributed by atoms with Gasteiger partial charge >= 0.3 is 5.97 Å². The van der Waals surface area contributed by atoms with E-state index in [4.69, 9.17) is 4.42 Å². The van der Waals surface area contributed by atoms with Crippen LogP contribution in [0, 0.1) is 5.41 Å². The van der Waals surface area contributed by atoms with Crippen LogP contribution in [-0.4, -0.2) is 21.0 Å². The number of hydrogen-bond acceptors (Lipinski definition) is 4. The number of nitrogens with zero attached hydrogens (tertiary/aromatic N) is 2. The van der Waals surface area contributed by atoms with Crippen molar-refractivity contribution in [2.45, 2.75) is 32.1 Å². The van der Waals surface area contributed by atoms with E-state index in [9.17, 15) is 9.90 Å². The number of carboxylic acids is 1. The molecule has 3 rings (SSSR count). The molecule has 1 aliphatic rings. The van der Waals surface area contributed by atoms with Gasteiger partial charge in [0.1, 0.15) is 0 Å². The van der Waals surface area contributed by atoms with Gasteiger partial charge in [0.15, 0.2) is 17.1 Å². The molecule has 0 amide bonds. The third-order valence-electron chi connectivity index (χ3n) is 3.71. The van der Waals surface area contributed by atoms with Crippen LogP contribution in [0.4, 0.5) is 0 Å². The number of carboxylic acid groups (broad SMARTS) is 1. The molecule has 1 fully saturated rings. The zero-order valence-corrected chi connectivity index (χ0v) is 9.93. The van der Waals surface area contributed by atoms with Crippen molar-refractivity contribution in [2.24, 2.45) is 5.41 Å². The second kappa shape index (κ2) is 4.08. The van der Waals surface area contributed by atoms with Crippen molar-refractivity contribution in [3.8, 4) is 0 Å². The summed E-state index contributed by atoms with van der Waals surface area (Å²) in [4.78, 5) is 19.8. The number of oxazole rings is 1. The van der Waals surface area contributed by atoms with Crippen LogP contribution in [0.5, 0.6) is 0 Å². The highest BCUT2D eigenvalue weighted by atomic mass is 16.4. The summed E-state index contributed by atoms with van der Waals surface area (Å²) in [7, 11) is 0. The molecule has 0 aromatic carbocycles. The largest absolute Gasteiger partial charge is 0.481 e. The molecular formula is C13H14N2O3. The summed E-state index contributed by atoms with van der Waals surface area (Å²) in [5.74, 6) is -0.261. The summed E-state index contributed by atoms with van der Waals surface area (Å²) in [6.45, 7) is 0. The van der Waals surface area contributed by atoms with Crippen LogP contribution in [0.3, 0.4) is 0 Å². The van der Waals surface area contributed by atoms with Gasteiger partial charge in [0.05, 0.1) is 5.41 Å². The topological polar surface area (TPSA) is 76.2 Å². The quantitative estimate of drug-likeness (QED) is 0.899. The van der Waals surface area contributed by atoms with Crippen LogP contribution in [0.15, 0.2) is 22.7 Å². The molecule has 0 spiro atoms. The van der Waals surface area contributed by atoms with Gasteiger partial charge in [0.25, 0.3) is 0 Å². The first-order valence-corrected chi connectivity index (χ1v) is 6.13. The number of carbonyl (C=O) groups is 1. The molecule has 94 valence electrons. The molecule has 5 heteroatoms. The number of aliphatic carboxylic acids is 1. The lowest BCUT2D eigenvalue weighted by atomic mass is 9.83. The fourth-order valence-corrected chi connectivity index (χ4v) is 2.70. The van der Waals surface area contributed by atoms with Crippen LogP contribution < -0.4 is 0 Å². The predicted octanol–water partition coefficient (Wildman–Crippen LogP) is 2.41. The van der Waals surface area contributed by atoms with Gasteiger partial charge in [-0.15, -0.1) is 0 Å². The second-order valence-electron chi connectivity index (χ2n) is 4.90. The molecule has 0 radical (unpaired) electrons. The Morgan fingerprint density at radius 2 is 2.22 bits per heavy atom. The summed E-state index contributed by atoms with van der Waals surface area (Å²) in [5.41, 5.74) is 0.470. The fraction of sp³-hybridized carbons (Fsp3) is 0.462. The molecule has 0 atom stereocenters. The molecule has 2 aromatic heterocycles. The van der Waals surface area contributed by atoms with E-state index in [-0.39, 0.29) is 0 Å². The van der Waals surface area contributed by atoms with Crippen LogP contribution >= 0.6 is 0 Å². The summed E-state index contributed by atoms with van der Waals surface area (Å²) in [6.07, 6.45) is 5.34. The maximum atomic E-state index is 11.5. The van der Waals surface area contributed by atoms with Gasteiger partial charge in [-0.25, -0.2) is 4.98 Å². The average Bonchev–Trinajstić information content (AvgIpc) is 2.95. The van der Waals surface area contributed by atoms with Crippen molar-refractivity contribution in [3.05, 3.63) is 24.2 Å². The molecule has 1 aliphatic carbocycles. The molecule has 0 bridgehead atoms. The summed E-state index contributed by atoms with van der Waals surface area (Å²) in [6, 6.07) is 3.57. The summed E-state index contributed by atoms with van der Waals surface area (Å²) >= 11 is 0. The van der Waals surface area contributed by atoms with Crippen LogP contribution in [-0.2, 0) is 11.2 Å². The molecule has 0 saturated heterocycles. The zero-order chi connectivity index (χ0) is 12.6. The Labute approximate surface area is 104 Å².